The van der Waals surface area contributed by atoms with Gasteiger partial charge >= 0.3 is 0 Å². The van der Waals surface area contributed by atoms with Crippen molar-refractivity contribution in [2.45, 2.75) is 11.6 Å². The second-order valence-corrected chi connectivity index (χ2v) is 4.84. The van der Waals surface area contributed by atoms with Crippen LogP contribution in [0.5, 0.6) is 5.75 Å². The van der Waals surface area contributed by atoms with E-state index in [0.29, 0.717) is 18.3 Å². The number of nitrogens with zero attached hydrogens (tertiary/aromatic N) is 1. The Labute approximate surface area is 122 Å². The molecule has 1 aromatic heterocycles. The summed E-state index contributed by atoms with van der Waals surface area (Å²) in [5, 5.41) is 9.33. The summed E-state index contributed by atoms with van der Waals surface area (Å²) in [6.07, 6.45) is 3.66. The molecule has 0 spiro atoms. The zero-order valence-corrected chi connectivity index (χ0v) is 11.7. The molecule has 0 aliphatic carbocycles. The van der Waals surface area contributed by atoms with Crippen LogP contribution in [0.3, 0.4) is 0 Å². The van der Waals surface area contributed by atoms with Gasteiger partial charge in [-0.2, -0.15) is 0 Å². The van der Waals surface area contributed by atoms with Crippen LogP contribution in [-0.4, -0.2) is 29.1 Å². The van der Waals surface area contributed by atoms with Gasteiger partial charge in [-0.25, -0.2) is 4.98 Å². The van der Waals surface area contributed by atoms with Gasteiger partial charge in [0.25, 0.3) is 5.22 Å². The highest BCUT2D eigenvalue weighted by molar-refractivity contribution is 7.99. The molecule has 0 bridgehead atoms. The monoisotopic (exact) mass is 289 g/mol. The highest BCUT2D eigenvalue weighted by Gasteiger charge is 1.99. The van der Waals surface area contributed by atoms with Gasteiger partial charge in [0.2, 0.25) is 0 Å². The summed E-state index contributed by atoms with van der Waals surface area (Å²) in [5.41, 5.74) is 0.885. The minimum absolute atomic E-state index is 0.0846. The lowest BCUT2D eigenvalue weighted by molar-refractivity contribution is 0.305. The summed E-state index contributed by atoms with van der Waals surface area (Å²) < 4.78 is 10.8. The predicted octanol–water partition coefficient (Wildman–Crippen LogP) is 2.58. The number of benzene rings is 1. The average molecular weight is 289 g/mol. The molecule has 0 radical (unpaired) electrons. The molecule has 1 aromatic carbocycles. The maximum atomic E-state index is 8.68. The smallest absolute Gasteiger partial charge is 0.255 e. The zero-order valence-electron chi connectivity index (χ0n) is 10.9. The van der Waals surface area contributed by atoms with Gasteiger partial charge < -0.3 is 14.3 Å². The third kappa shape index (κ3) is 5.00. The maximum absolute atomic E-state index is 8.68. The number of aliphatic hydroxyl groups is 1. The van der Waals surface area contributed by atoms with Crippen molar-refractivity contribution in [1.82, 2.24) is 4.98 Å². The van der Waals surface area contributed by atoms with Gasteiger partial charge in [0.05, 0.1) is 19.4 Å². The molecule has 0 saturated carbocycles. The van der Waals surface area contributed by atoms with E-state index >= 15 is 0 Å². The number of aliphatic hydroxyl groups excluding tert-OH is 1. The van der Waals surface area contributed by atoms with E-state index in [1.54, 1.807) is 12.5 Å². The number of ether oxygens (including phenoxy) is 1. The fourth-order valence-corrected chi connectivity index (χ4v) is 2.05. The van der Waals surface area contributed by atoms with E-state index in [9.17, 15) is 0 Å². The summed E-state index contributed by atoms with van der Waals surface area (Å²) >= 11 is 1.51. The molecule has 0 unspecified atom stereocenters. The first-order chi connectivity index (χ1) is 9.88. The molecule has 0 atom stereocenters. The quantitative estimate of drug-likeness (QED) is 0.503. The van der Waals surface area contributed by atoms with Crippen LogP contribution in [0.25, 0.3) is 0 Å². The van der Waals surface area contributed by atoms with E-state index in [0.717, 1.165) is 17.1 Å². The zero-order chi connectivity index (χ0) is 14.0. The fourth-order valence-electron chi connectivity index (χ4n) is 1.45. The number of thioether (sulfide) groups is 1. The van der Waals surface area contributed by atoms with Gasteiger partial charge in [0, 0.05) is 17.7 Å². The maximum Gasteiger partial charge on any atom is 0.255 e. The molecular weight excluding hydrogens is 274 g/mol. The molecule has 0 fully saturated rings. The highest BCUT2D eigenvalue weighted by Crippen LogP contribution is 2.16. The van der Waals surface area contributed by atoms with Crippen molar-refractivity contribution in [1.29, 1.82) is 0 Å². The lowest BCUT2D eigenvalue weighted by atomic mass is 10.2. The SMILES string of the molecule is OCCC#Cc1cccc(OCCSc2ncco2)c1. The first kappa shape index (κ1) is 14.5. The summed E-state index contributed by atoms with van der Waals surface area (Å²) in [6.45, 7) is 0.655. The van der Waals surface area contributed by atoms with Gasteiger partial charge in [0.1, 0.15) is 12.0 Å². The van der Waals surface area contributed by atoms with Gasteiger partial charge in [-0.3, -0.25) is 0 Å². The average Bonchev–Trinajstić information content (AvgIpc) is 2.98. The third-order valence-corrected chi connectivity index (χ3v) is 3.11. The third-order valence-electron chi connectivity index (χ3n) is 2.29. The topological polar surface area (TPSA) is 55.5 Å². The number of aromatic nitrogens is 1. The van der Waals surface area contributed by atoms with E-state index < -0.39 is 0 Å². The first-order valence-corrected chi connectivity index (χ1v) is 7.22. The summed E-state index contributed by atoms with van der Waals surface area (Å²) in [7, 11) is 0. The number of oxazole rings is 1. The van der Waals surface area contributed by atoms with Crippen molar-refractivity contribution in [2.24, 2.45) is 0 Å². The molecule has 104 valence electrons. The van der Waals surface area contributed by atoms with E-state index in [2.05, 4.69) is 16.8 Å². The Bertz CT molecular complexity index is 572. The van der Waals surface area contributed by atoms with Crippen LogP contribution in [0.2, 0.25) is 0 Å². The standard InChI is InChI=1S/C15H15NO3S/c17-8-2-1-4-13-5-3-6-14(12-13)18-10-11-20-15-16-7-9-19-15/h3,5-7,9,12,17H,2,8,10-11H2. The van der Waals surface area contributed by atoms with Gasteiger partial charge in [-0.1, -0.05) is 29.7 Å². The van der Waals surface area contributed by atoms with Crippen molar-refractivity contribution in [3.05, 3.63) is 42.3 Å². The molecule has 0 saturated heterocycles. The van der Waals surface area contributed by atoms with Crippen LogP contribution in [0.4, 0.5) is 0 Å². The molecule has 5 heteroatoms. The Morgan fingerprint density at radius 1 is 1.40 bits per heavy atom. The van der Waals surface area contributed by atoms with Crippen molar-refractivity contribution in [2.75, 3.05) is 19.0 Å². The van der Waals surface area contributed by atoms with E-state index in [1.165, 1.54) is 11.8 Å². The number of hydrogen-bond donors (Lipinski definition) is 1. The molecule has 2 rings (SSSR count). The van der Waals surface area contributed by atoms with Gasteiger partial charge in [0.15, 0.2) is 0 Å². The van der Waals surface area contributed by atoms with Crippen LogP contribution in [-0.2, 0) is 0 Å². The Kier molecular flexibility index (Phi) is 6.03. The predicted molar refractivity (Wildman–Crippen MR) is 77.7 cm³/mol. The minimum Gasteiger partial charge on any atom is -0.493 e. The molecule has 1 N–H and O–H groups in total. The van der Waals surface area contributed by atoms with E-state index in [4.69, 9.17) is 14.3 Å². The van der Waals surface area contributed by atoms with Crippen molar-refractivity contribution in [3.8, 4) is 17.6 Å². The normalized spacial score (nSPS) is 9.85. The lowest BCUT2D eigenvalue weighted by Gasteiger charge is -2.05. The molecular formula is C15H15NO3S. The Morgan fingerprint density at radius 2 is 2.35 bits per heavy atom. The van der Waals surface area contributed by atoms with Crippen molar-refractivity contribution in [3.63, 3.8) is 0 Å². The fraction of sp³-hybridized carbons (Fsp3) is 0.267. The highest BCUT2D eigenvalue weighted by atomic mass is 32.2. The largest absolute Gasteiger partial charge is 0.493 e. The molecule has 20 heavy (non-hydrogen) atoms. The second kappa shape index (κ2) is 8.31. The van der Waals surface area contributed by atoms with Crippen molar-refractivity contribution < 1.29 is 14.3 Å². The molecule has 4 nitrogen and oxygen atoms in total. The van der Waals surface area contributed by atoms with Crippen LogP contribution in [0.1, 0.15) is 12.0 Å². The summed E-state index contributed by atoms with van der Waals surface area (Å²) in [5.74, 6) is 7.41. The van der Waals surface area contributed by atoms with Crippen LogP contribution < -0.4 is 4.74 Å². The van der Waals surface area contributed by atoms with Crippen LogP contribution in [0.15, 0.2) is 46.4 Å². The Balaban J connectivity index is 1.78. The number of hydrogen-bond acceptors (Lipinski definition) is 5. The molecule has 0 aliphatic rings. The lowest BCUT2D eigenvalue weighted by Crippen LogP contribution is -2.00. The molecule has 1 heterocycles. The Morgan fingerprint density at radius 3 is 3.15 bits per heavy atom. The van der Waals surface area contributed by atoms with Crippen LogP contribution >= 0.6 is 11.8 Å². The van der Waals surface area contributed by atoms with Gasteiger partial charge in [-0.05, 0) is 18.2 Å². The minimum atomic E-state index is 0.0846. The van der Waals surface area contributed by atoms with Crippen molar-refractivity contribution >= 4 is 11.8 Å². The van der Waals surface area contributed by atoms with Gasteiger partial charge in [-0.15, -0.1) is 0 Å². The Hall–Kier alpha value is -1.90. The van der Waals surface area contributed by atoms with E-state index in [-0.39, 0.29) is 6.61 Å². The van der Waals surface area contributed by atoms with E-state index in [1.807, 2.05) is 24.3 Å². The second-order valence-electron chi connectivity index (χ2n) is 3.80. The summed E-state index contributed by atoms with van der Waals surface area (Å²) in [6, 6.07) is 7.60. The molecule has 0 amide bonds. The first-order valence-electron chi connectivity index (χ1n) is 6.23. The molecule has 0 aliphatic heterocycles. The number of rotatable bonds is 6. The van der Waals surface area contributed by atoms with Crippen LogP contribution in [0, 0.1) is 11.8 Å². The summed E-state index contributed by atoms with van der Waals surface area (Å²) in [4.78, 5) is 4.02. The molecule has 2 aromatic rings.